The van der Waals surface area contributed by atoms with Crippen LogP contribution in [0.2, 0.25) is 0 Å². The average Bonchev–Trinajstić information content (AvgIpc) is 3.05. The summed E-state index contributed by atoms with van der Waals surface area (Å²) in [6.45, 7) is 4.74. The molecule has 0 aliphatic carbocycles. The Morgan fingerprint density at radius 2 is 1.96 bits per heavy atom. The lowest BCUT2D eigenvalue weighted by atomic mass is 10.1. The Morgan fingerprint density at radius 1 is 1.18 bits per heavy atom. The Hall–Kier alpha value is -3.34. The molecule has 0 saturated carbocycles. The predicted octanol–water partition coefficient (Wildman–Crippen LogP) is 4.82. The third-order valence-electron chi connectivity index (χ3n) is 4.88. The third kappa shape index (κ3) is 3.56. The highest BCUT2D eigenvalue weighted by Crippen LogP contribution is 2.38. The van der Waals surface area contributed by atoms with Crippen LogP contribution < -0.4 is 15.0 Å². The number of carbonyl (C=O) groups excluding carboxylic acids is 1. The Balaban J connectivity index is 1.54. The number of carbonyl (C=O) groups is 1. The molecule has 1 unspecified atom stereocenters. The minimum atomic E-state index is -0.230. The minimum Gasteiger partial charge on any atom is -0.494 e. The molecule has 1 amide bonds. The van der Waals surface area contributed by atoms with Crippen LogP contribution in [0.4, 0.5) is 17.1 Å². The van der Waals surface area contributed by atoms with Crippen LogP contribution in [0.1, 0.15) is 29.9 Å². The van der Waals surface area contributed by atoms with E-state index < -0.39 is 0 Å². The molecule has 5 heteroatoms. The van der Waals surface area contributed by atoms with E-state index >= 15 is 0 Å². The quantitative estimate of drug-likeness (QED) is 0.697. The Bertz CT molecular complexity index is 985. The molecular weight excluding hydrogens is 350 g/mol. The molecule has 5 nitrogen and oxygen atoms in total. The first-order chi connectivity index (χ1) is 13.7. The lowest BCUT2D eigenvalue weighted by Crippen LogP contribution is -2.24. The number of hydrogen-bond donors (Lipinski definition) is 1. The van der Waals surface area contributed by atoms with Crippen molar-refractivity contribution in [1.82, 2.24) is 4.98 Å². The maximum absolute atomic E-state index is 12.7. The average molecular weight is 373 g/mol. The second-order valence-corrected chi connectivity index (χ2v) is 6.86. The molecule has 0 spiro atoms. The highest BCUT2D eigenvalue weighted by atomic mass is 16.5. The van der Waals surface area contributed by atoms with E-state index in [0.717, 1.165) is 17.9 Å². The monoisotopic (exact) mass is 373 g/mol. The number of anilines is 3. The summed E-state index contributed by atoms with van der Waals surface area (Å²) in [6.07, 6.45) is 2.68. The first-order valence-corrected chi connectivity index (χ1v) is 9.53. The number of benzene rings is 2. The Kier molecular flexibility index (Phi) is 4.98. The van der Waals surface area contributed by atoms with E-state index in [1.54, 1.807) is 6.20 Å². The molecule has 0 bridgehead atoms. The zero-order valence-corrected chi connectivity index (χ0v) is 16.1. The van der Waals surface area contributed by atoms with E-state index in [4.69, 9.17) is 4.74 Å². The number of amides is 1. The maximum Gasteiger partial charge on any atom is 0.274 e. The molecular formula is C23H23N3O2. The summed E-state index contributed by atoms with van der Waals surface area (Å²) in [7, 11) is 0. The summed E-state index contributed by atoms with van der Waals surface area (Å²) in [4.78, 5) is 19.2. The van der Waals surface area contributed by atoms with Crippen LogP contribution >= 0.6 is 0 Å². The van der Waals surface area contributed by atoms with E-state index in [0.29, 0.717) is 24.0 Å². The van der Waals surface area contributed by atoms with Crippen molar-refractivity contribution < 1.29 is 9.53 Å². The van der Waals surface area contributed by atoms with Gasteiger partial charge in [0.1, 0.15) is 11.4 Å². The highest BCUT2D eigenvalue weighted by Gasteiger charge is 2.27. The zero-order valence-electron chi connectivity index (χ0n) is 16.1. The van der Waals surface area contributed by atoms with Gasteiger partial charge in [-0.3, -0.25) is 9.78 Å². The zero-order chi connectivity index (χ0) is 19.5. The van der Waals surface area contributed by atoms with Crippen molar-refractivity contribution in [3.8, 4) is 5.75 Å². The summed E-state index contributed by atoms with van der Waals surface area (Å²) < 4.78 is 5.43. The lowest BCUT2D eigenvalue weighted by Gasteiger charge is -2.25. The van der Waals surface area contributed by atoms with Gasteiger partial charge in [0.2, 0.25) is 0 Å². The van der Waals surface area contributed by atoms with Crippen molar-refractivity contribution in [2.75, 3.05) is 16.8 Å². The molecule has 2 aromatic carbocycles. The molecule has 142 valence electrons. The van der Waals surface area contributed by atoms with Gasteiger partial charge in [-0.1, -0.05) is 18.2 Å². The molecule has 0 radical (unpaired) electrons. The summed E-state index contributed by atoms with van der Waals surface area (Å²) in [5, 5.41) is 2.90. The minimum absolute atomic E-state index is 0.230. The standard InChI is InChI=1S/C23H23N3O2/c1-3-28-20-10-8-18(9-11-20)25-23(27)21-15-19(12-13-24-21)26-16(2)14-17-6-4-5-7-22(17)26/h4-13,15-16H,3,14H2,1-2H3,(H,25,27). The van der Waals surface area contributed by atoms with E-state index in [-0.39, 0.29) is 5.91 Å². The van der Waals surface area contributed by atoms with Crippen LogP contribution in [0.5, 0.6) is 5.75 Å². The van der Waals surface area contributed by atoms with Gasteiger partial charge in [0.15, 0.2) is 0 Å². The smallest absolute Gasteiger partial charge is 0.274 e. The molecule has 1 aliphatic heterocycles. The first-order valence-electron chi connectivity index (χ1n) is 9.53. The van der Waals surface area contributed by atoms with Crippen LogP contribution in [0.25, 0.3) is 0 Å². The second-order valence-electron chi connectivity index (χ2n) is 6.86. The van der Waals surface area contributed by atoms with E-state index in [9.17, 15) is 4.79 Å². The number of hydrogen-bond acceptors (Lipinski definition) is 4. The lowest BCUT2D eigenvalue weighted by molar-refractivity contribution is 0.102. The highest BCUT2D eigenvalue weighted by molar-refractivity contribution is 6.03. The van der Waals surface area contributed by atoms with Crippen LogP contribution in [0, 0.1) is 0 Å². The van der Waals surface area contributed by atoms with Gasteiger partial charge in [0.25, 0.3) is 5.91 Å². The fourth-order valence-corrected chi connectivity index (χ4v) is 3.65. The molecule has 0 fully saturated rings. The van der Waals surface area contributed by atoms with Crippen molar-refractivity contribution in [3.05, 3.63) is 78.1 Å². The number of fused-ring (bicyclic) bond motifs is 1. The fourth-order valence-electron chi connectivity index (χ4n) is 3.65. The van der Waals surface area contributed by atoms with E-state index in [1.165, 1.54) is 11.3 Å². The summed E-state index contributed by atoms with van der Waals surface area (Å²) in [6, 6.07) is 19.9. The van der Waals surface area contributed by atoms with Gasteiger partial charge in [-0.2, -0.15) is 0 Å². The van der Waals surface area contributed by atoms with Crippen LogP contribution in [0.15, 0.2) is 66.9 Å². The van der Waals surface area contributed by atoms with E-state index in [2.05, 4.69) is 40.3 Å². The fraction of sp³-hybridized carbons (Fsp3) is 0.217. The molecule has 1 aromatic heterocycles. The van der Waals surface area contributed by atoms with Crippen LogP contribution in [0.3, 0.4) is 0 Å². The van der Waals surface area contributed by atoms with Gasteiger partial charge in [0, 0.05) is 29.3 Å². The Labute approximate surface area is 165 Å². The van der Waals surface area contributed by atoms with Crippen LogP contribution in [-0.2, 0) is 6.42 Å². The third-order valence-corrected chi connectivity index (χ3v) is 4.88. The number of rotatable bonds is 5. The molecule has 1 atom stereocenters. The number of pyridine rings is 1. The number of nitrogens with zero attached hydrogens (tertiary/aromatic N) is 2. The van der Waals surface area contributed by atoms with Crippen molar-refractivity contribution in [2.24, 2.45) is 0 Å². The molecule has 2 heterocycles. The Morgan fingerprint density at radius 3 is 2.75 bits per heavy atom. The van der Waals surface area contributed by atoms with Crippen molar-refractivity contribution in [3.63, 3.8) is 0 Å². The van der Waals surface area contributed by atoms with E-state index in [1.807, 2.05) is 49.4 Å². The normalized spacial score (nSPS) is 15.2. The summed E-state index contributed by atoms with van der Waals surface area (Å²) in [5.74, 6) is 0.549. The summed E-state index contributed by atoms with van der Waals surface area (Å²) >= 11 is 0. The van der Waals surface area contributed by atoms with Gasteiger partial charge >= 0.3 is 0 Å². The van der Waals surface area contributed by atoms with Gasteiger partial charge in [-0.25, -0.2) is 0 Å². The first kappa shape index (κ1) is 18.0. The molecule has 1 N–H and O–H groups in total. The summed E-state index contributed by atoms with van der Waals surface area (Å²) in [5.41, 5.74) is 4.60. The van der Waals surface area contributed by atoms with Gasteiger partial charge < -0.3 is 15.0 Å². The number of aromatic nitrogens is 1. The van der Waals surface area contributed by atoms with Gasteiger partial charge in [-0.15, -0.1) is 0 Å². The molecule has 1 aliphatic rings. The molecule has 0 saturated heterocycles. The number of ether oxygens (including phenoxy) is 1. The van der Waals surface area contributed by atoms with Crippen molar-refractivity contribution >= 4 is 23.0 Å². The second kappa shape index (κ2) is 7.72. The largest absolute Gasteiger partial charge is 0.494 e. The predicted molar refractivity (Wildman–Crippen MR) is 112 cm³/mol. The molecule has 4 rings (SSSR count). The molecule has 28 heavy (non-hydrogen) atoms. The topological polar surface area (TPSA) is 54.5 Å². The number of para-hydroxylation sites is 1. The maximum atomic E-state index is 12.7. The van der Waals surface area contributed by atoms with Crippen molar-refractivity contribution in [2.45, 2.75) is 26.3 Å². The SMILES string of the molecule is CCOc1ccc(NC(=O)c2cc(N3c4ccccc4CC3C)ccn2)cc1. The number of nitrogens with one attached hydrogen (secondary N) is 1. The molecule has 3 aromatic rings. The van der Waals surface area contributed by atoms with Crippen molar-refractivity contribution in [1.29, 1.82) is 0 Å². The van der Waals surface area contributed by atoms with Crippen LogP contribution in [-0.4, -0.2) is 23.5 Å². The van der Waals surface area contributed by atoms with Gasteiger partial charge in [0.05, 0.1) is 6.61 Å². The van der Waals surface area contributed by atoms with Gasteiger partial charge in [-0.05, 0) is 68.3 Å².